The quantitative estimate of drug-likeness (QED) is 0.101. The van der Waals surface area contributed by atoms with E-state index in [4.69, 9.17) is 14.2 Å². The molecular weight excluding hydrogens is 732 g/mol. The zero-order valence-electron chi connectivity index (χ0n) is 29.0. The Morgan fingerprint density at radius 1 is 1.00 bits per heavy atom. The second-order valence-corrected chi connectivity index (χ2v) is 12.3. The molecule has 0 aliphatic carbocycles. The lowest BCUT2D eigenvalue weighted by Gasteiger charge is -2.40. The molecule has 0 unspecified atom stereocenters. The molecule has 19 heteroatoms. The van der Waals surface area contributed by atoms with Gasteiger partial charge >= 0.3 is 24.5 Å². The summed E-state index contributed by atoms with van der Waals surface area (Å²) in [5.41, 5.74) is -0.187. The van der Waals surface area contributed by atoms with Crippen molar-refractivity contribution in [3.05, 3.63) is 102 Å². The van der Waals surface area contributed by atoms with Gasteiger partial charge in [-0.05, 0) is 59.7 Å². The number of hydrogen-bond donors (Lipinski definition) is 1. The Morgan fingerprint density at radius 3 is 2.48 bits per heavy atom. The first kappa shape index (κ1) is 39.2. The van der Waals surface area contributed by atoms with Crippen molar-refractivity contribution < 1.29 is 54.9 Å². The highest BCUT2D eigenvalue weighted by molar-refractivity contribution is 5.94. The molecule has 3 heterocycles. The molecule has 0 spiro atoms. The number of tetrazole rings is 1. The number of aromatic nitrogens is 4. The number of β-amino-alcohol motifs (C(OH)–C–C–N with tert-alkyl or cyclic N) is 1. The summed E-state index contributed by atoms with van der Waals surface area (Å²) >= 11 is 0. The number of ether oxygens (including phenoxy) is 3. The molecule has 16 nitrogen and oxygen atoms in total. The van der Waals surface area contributed by atoms with Crippen LogP contribution in [0, 0.1) is 11.6 Å². The summed E-state index contributed by atoms with van der Waals surface area (Å²) in [5, 5.41) is 28.8. The first-order valence-electron chi connectivity index (χ1n) is 16.7. The molecule has 2 atom stereocenters. The summed E-state index contributed by atoms with van der Waals surface area (Å²) in [4.78, 5) is 42.2. The highest BCUT2D eigenvalue weighted by Crippen LogP contribution is 2.35. The van der Waals surface area contributed by atoms with Gasteiger partial charge in [-0.2, -0.15) is 0 Å². The molecule has 0 saturated carbocycles. The Bertz CT molecular complexity index is 1910. The minimum Gasteiger partial charge on any atom is -1.00 e. The van der Waals surface area contributed by atoms with Gasteiger partial charge in [0.05, 0.1) is 24.9 Å². The first-order valence-corrected chi connectivity index (χ1v) is 16.7. The molecule has 1 saturated heterocycles. The molecule has 6 rings (SSSR count). The number of benzene rings is 3. The van der Waals surface area contributed by atoms with Crippen molar-refractivity contribution in [3.63, 3.8) is 0 Å². The zero-order chi connectivity index (χ0) is 37.4. The summed E-state index contributed by atoms with van der Waals surface area (Å²) in [6.45, 7) is 1.45. The SMILES string of the molecule is C[C@@H](N1CCN(c2ccc(-n3cnnn3)cc2)C1=O)[C@@](O)(CN1CN(COC(=O)OCCCC(=O)OCc2ccccc2)[C+]=N1)c1ccc(F)cc1F.[Cl-]. The van der Waals surface area contributed by atoms with Crippen molar-refractivity contribution in [2.24, 2.45) is 5.10 Å². The third-order valence-corrected chi connectivity index (χ3v) is 8.78. The maximum Gasteiger partial charge on any atom is 0.547 e. The van der Waals surface area contributed by atoms with Crippen LogP contribution in [0.1, 0.15) is 30.9 Å². The monoisotopic (exact) mass is 767 g/mol. The zero-order valence-corrected chi connectivity index (χ0v) is 29.8. The maximum absolute atomic E-state index is 15.3. The van der Waals surface area contributed by atoms with Gasteiger partial charge in [0.1, 0.15) is 35.3 Å². The minimum atomic E-state index is -2.09. The lowest BCUT2D eigenvalue weighted by atomic mass is 9.85. The summed E-state index contributed by atoms with van der Waals surface area (Å²) in [6.07, 6.45) is 3.39. The molecule has 2 aliphatic heterocycles. The van der Waals surface area contributed by atoms with E-state index < -0.39 is 41.4 Å². The third-order valence-electron chi connectivity index (χ3n) is 8.78. The van der Waals surface area contributed by atoms with Crippen LogP contribution in [0.4, 0.5) is 24.1 Å². The fraction of sp³-hybridized carbons (Fsp3) is 0.343. The van der Waals surface area contributed by atoms with E-state index in [0.717, 1.165) is 17.7 Å². The minimum absolute atomic E-state index is 0. The van der Waals surface area contributed by atoms with E-state index in [1.165, 1.54) is 30.7 Å². The normalized spacial score (nSPS) is 15.4. The van der Waals surface area contributed by atoms with Gasteiger partial charge in [-0.1, -0.05) is 41.3 Å². The first-order chi connectivity index (χ1) is 25.6. The molecule has 0 bridgehead atoms. The molecule has 4 aromatic rings. The number of aliphatic hydroxyl groups is 1. The third kappa shape index (κ3) is 9.33. The lowest BCUT2D eigenvalue weighted by molar-refractivity contribution is -0.145. The lowest BCUT2D eigenvalue weighted by Crippen LogP contribution is -3.00. The largest absolute Gasteiger partial charge is 1.00 e. The Labute approximate surface area is 314 Å². The van der Waals surface area contributed by atoms with Crippen molar-refractivity contribution in [2.45, 2.75) is 38.0 Å². The molecule has 0 radical (unpaired) electrons. The van der Waals surface area contributed by atoms with Crippen LogP contribution in [0.15, 0.2) is 84.2 Å². The van der Waals surface area contributed by atoms with Gasteiger partial charge in [0.25, 0.3) is 0 Å². The maximum atomic E-state index is 15.3. The molecule has 1 N–H and O–H groups in total. The Kier molecular flexibility index (Phi) is 12.9. The van der Waals surface area contributed by atoms with Crippen LogP contribution >= 0.6 is 0 Å². The molecule has 54 heavy (non-hydrogen) atoms. The number of rotatable bonds is 15. The molecule has 1 aromatic heterocycles. The fourth-order valence-corrected chi connectivity index (χ4v) is 5.93. The van der Waals surface area contributed by atoms with Gasteiger partial charge in [0.2, 0.25) is 6.73 Å². The molecule has 2 amide bonds. The van der Waals surface area contributed by atoms with E-state index in [1.54, 1.807) is 31.2 Å². The number of halogens is 3. The van der Waals surface area contributed by atoms with Gasteiger partial charge in [-0.15, -0.1) is 5.10 Å². The van der Waals surface area contributed by atoms with E-state index in [2.05, 4.69) is 27.0 Å². The predicted molar refractivity (Wildman–Crippen MR) is 182 cm³/mol. The number of carbonyl (C=O) groups is 3. The number of urea groups is 1. The average Bonchev–Trinajstić information content (AvgIpc) is 3.94. The topological polar surface area (TPSA) is 168 Å². The average molecular weight is 768 g/mol. The number of hydrogen-bond acceptors (Lipinski definition) is 13. The van der Waals surface area contributed by atoms with E-state index >= 15 is 4.39 Å². The number of carbonyl (C=O) groups excluding carboxylic acids is 3. The smallest absolute Gasteiger partial charge is 0.547 e. The van der Waals surface area contributed by atoms with Gasteiger partial charge in [-0.3, -0.25) is 9.69 Å². The molecular formula is C35H36ClF2N9O7. The van der Waals surface area contributed by atoms with E-state index in [0.29, 0.717) is 17.4 Å². The molecule has 1 fully saturated rings. The van der Waals surface area contributed by atoms with Crippen molar-refractivity contribution in [3.8, 4) is 5.69 Å². The summed E-state index contributed by atoms with van der Waals surface area (Å²) in [6, 6.07) is 17.6. The van der Waals surface area contributed by atoms with Crippen molar-refractivity contribution in [1.82, 2.24) is 35.0 Å². The molecule has 2 aliphatic rings. The van der Waals surface area contributed by atoms with Gasteiger partial charge in [-0.25, -0.2) is 28.1 Å². The number of amides is 2. The van der Waals surface area contributed by atoms with E-state index in [-0.39, 0.29) is 77.1 Å². The van der Waals surface area contributed by atoms with Gasteiger partial charge in [0.15, 0.2) is 6.67 Å². The summed E-state index contributed by atoms with van der Waals surface area (Å²) in [5.74, 6) is -2.26. The van der Waals surface area contributed by atoms with Crippen LogP contribution in [0.3, 0.4) is 0 Å². The van der Waals surface area contributed by atoms with Crippen LogP contribution in [0.5, 0.6) is 0 Å². The van der Waals surface area contributed by atoms with Crippen LogP contribution < -0.4 is 17.3 Å². The Morgan fingerprint density at radius 2 is 1.76 bits per heavy atom. The van der Waals surface area contributed by atoms with Crippen molar-refractivity contribution in [2.75, 3.05) is 44.5 Å². The predicted octanol–water partition coefficient (Wildman–Crippen LogP) is 0.493. The Balaban J connectivity index is 0.00000561. The number of hydrazone groups is 1. The van der Waals surface area contributed by atoms with Gasteiger partial charge in [0, 0.05) is 36.8 Å². The standard InChI is InChI=1S/C35H36F2N9O7.ClH/c1-25(44-15-16-45(33(44)48)28-10-12-29(13-11-28)46-21-38-40-41-46)35(50,30-14-9-27(36)18-31(30)37)20-43-23-42(22-39-43)24-53-34(49)51-17-5-8-32(47)52-19-26-6-3-2-4-7-26;/h2-4,6-7,9-14,18,21,25,50H,5,8,15-17,19-20,23-24H2,1H3;1H/q+1;/p-1/t25-,35+;/m1./s1. The van der Waals surface area contributed by atoms with E-state index in [1.807, 2.05) is 30.3 Å². The number of anilines is 1. The highest BCUT2D eigenvalue weighted by Gasteiger charge is 2.48. The van der Waals surface area contributed by atoms with Crippen LogP contribution in [0.2, 0.25) is 0 Å². The fourth-order valence-electron chi connectivity index (χ4n) is 5.93. The second kappa shape index (κ2) is 17.7. The summed E-state index contributed by atoms with van der Waals surface area (Å²) in [7, 11) is 0. The second-order valence-electron chi connectivity index (χ2n) is 12.3. The van der Waals surface area contributed by atoms with Gasteiger partial charge < -0.3 is 36.6 Å². The number of nitrogens with zero attached hydrogens (tertiary/aromatic N) is 9. The number of esters is 1. The summed E-state index contributed by atoms with van der Waals surface area (Å²) < 4.78 is 46.1. The highest BCUT2D eigenvalue weighted by atomic mass is 35.5. The van der Waals surface area contributed by atoms with Crippen LogP contribution in [-0.4, -0.2) is 110 Å². The Hall–Kier alpha value is -5.97. The van der Waals surface area contributed by atoms with Crippen molar-refractivity contribution >= 4 is 30.2 Å². The van der Waals surface area contributed by atoms with E-state index in [9.17, 15) is 23.9 Å². The molecule has 3 aromatic carbocycles. The van der Waals surface area contributed by atoms with Crippen LogP contribution in [0.25, 0.3) is 5.69 Å². The van der Waals surface area contributed by atoms with Crippen molar-refractivity contribution in [1.29, 1.82) is 0 Å². The van der Waals surface area contributed by atoms with Crippen LogP contribution in [-0.2, 0) is 31.2 Å². The molecule has 284 valence electrons.